The van der Waals surface area contributed by atoms with Crippen molar-refractivity contribution >= 4 is 0 Å². The van der Waals surface area contributed by atoms with Gasteiger partial charge in [0.25, 0.3) is 0 Å². The third-order valence-electron chi connectivity index (χ3n) is 0.986. The average Bonchev–Trinajstić information content (AvgIpc) is 2.13. The maximum Gasteiger partial charge on any atom is 0.115 e. The van der Waals surface area contributed by atoms with Crippen molar-refractivity contribution in [3.05, 3.63) is 24.3 Å². The largest absolute Gasteiger partial charge is 0.508 e. The zero-order valence-corrected chi connectivity index (χ0v) is 7.43. The van der Waals surface area contributed by atoms with Gasteiger partial charge in [0.1, 0.15) is 11.5 Å². The molecular formula is C8H12O5. The zero-order valence-electron chi connectivity index (χ0n) is 7.43. The van der Waals surface area contributed by atoms with Crippen molar-refractivity contribution in [2.24, 2.45) is 0 Å². The first kappa shape index (κ1) is 11.7. The van der Waals surface area contributed by atoms with Crippen molar-refractivity contribution in [3.8, 4) is 11.5 Å². The molecule has 0 saturated heterocycles. The van der Waals surface area contributed by atoms with E-state index in [2.05, 4.69) is 14.8 Å². The molecule has 0 bridgehead atoms. The molecule has 0 atom stereocenters. The van der Waals surface area contributed by atoms with Crippen molar-refractivity contribution in [1.29, 1.82) is 0 Å². The van der Waals surface area contributed by atoms with Crippen LogP contribution in [0.4, 0.5) is 0 Å². The third-order valence-corrected chi connectivity index (χ3v) is 0.986. The van der Waals surface area contributed by atoms with Crippen molar-refractivity contribution in [2.75, 3.05) is 14.2 Å². The Morgan fingerprint density at radius 3 is 1.31 bits per heavy atom. The minimum atomic E-state index is 0.169. The van der Waals surface area contributed by atoms with E-state index in [0.29, 0.717) is 0 Å². The van der Waals surface area contributed by atoms with E-state index in [4.69, 9.17) is 10.2 Å². The van der Waals surface area contributed by atoms with E-state index in [-0.39, 0.29) is 11.5 Å². The van der Waals surface area contributed by atoms with E-state index in [1.165, 1.54) is 38.5 Å². The molecule has 0 amide bonds. The summed E-state index contributed by atoms with van der Waals surface area (Å²) in [6.07, 6.45) is 0. The topological polar surface area (TPSA) is 68.2 Å². The first-order valence-corrected chi connectivity index (χ1v) is 3.42. The van der Waals surface area contributed by atoms with Crippen LogP contribution in [0.25, 0.3) is 0 Å². The molecule has 0 saturated carbocycles. The van der Waals surface area contributed by atoms with E-state index < -0.39 is 0 Å². The fourth-order valence-corrected chi connectivity index (χ4v) is 0.521. The fourth-order valence-electron chi connectivity index (χ4n) is 0.521. The number of phenolic OH excluding ortho intramolecular Hbond substituents is 2. The Labute approximate surface area is 76.0 Å². The van der Waals surface area contributed by atoms with Crippen LogP contribution in [0.15, 0.2) is 24.3 Å². The number of benzene rings is 1. The lowest BCUT2D eigenvalue weighted by molar-refractivity contribution is -0.491. The van der Waals surface area contributed by atoms with Gasteiger partial charge in [-0.25, -0.2) is 9.78 Å². The van der Waals surface area contributed by atoms with E-state index in [1.807, 2.05) is 0 Å². The van der Waals surface area contributed by atoms with Crippen molar-refractivity contribution in [2.45, 2.75) is 0 Å². The lowest BCUT2D eigenvalue weighted by Crippen LogP contribution is -1.82. The Morgan fingerprint density at radius 2 is 1.15 bits per heavy atom. The molecule has 5 heteroatoms. The predicted octanol–water partition coefficient (Wildman–Crippen LogP) is 1.22. The van der Waals surface area contributed by atoms with Gasteiger partial charge in [-0.15, -0.1) is 0 Å². The van der Waals surface area contributed by atoms with Crippen molar-refractivity contribution in [3.63, 3.8) is 0 Å². The monoisotopic (exact) mass is 188 g/mol. The number of hydrogen-bond donors (Lipinski definition) is 2. The smallest absolute Gasteiger partial charge is 0.115 e. The SMILES string of the molecule is COOOC.Oc1ccc(O)cc1. The molecule has 0 aliphatic carbocycles. The normalized spacial score (nSPS) is 8.77. The fraction of sp³-hybridized carbons (Fsp3) is 0.250. The first-order valence-electron chi connectivity index (χ1n) is 3.42. The van der Waals surface area contributed by atoms with Gasteiger partial charge in [-0.2, -0.15) is 0 Å². The summed E-state index contributed by atoms with van der Waals surface area (Å²) < 4.78 is 0. The zero-order chi connectivity index (χ0) is 10.1. The summed E-state index contributed by atoms with van der Waals surface area (Å²) in [6.45, 7) is 0. The van der Waals surface area contributed by atoms with Gasteiger partial charge in [0, 0.05) is 0 Å². The molecule has 0 heterocycles. The van der Waals surface area contributed by atoms with E-state index in [9.17, 15) is 0 Å². The van der Waals surface area contributed by atoms with Crippen LogP contribution in [0, 0.1) is 0 Å². The molecule has 5 nitrogen and oxygen atoms in total. The molecule has 0 spiro atoms. The molecule has 0 fully saturated rings. The van der Waals surface area contributed by atoms with Crippen LogP contribution in [0.2, 0.25) is 0 Å². The van der Waals surface area contributed by atoms with Crippen LogP contribution in [0.3, 0.4) is 0 Å². The number of rotatable bonds is 2. The van der Waals surface area contributed by atoms with Crippen LogP contribution in [-0.2, 0) is 14.8 Å². The summed E-state index contributed by atoms with van der Waals surface area (Å²) in [5.41, 5.74) is 0. The van der Waals surface area contributed by atoms with Gasteiger partial charge in [-0.1, -0.05) is 5.04 Å². The third kappa shape index (κ3) is 7.07. The summed E-state index contributed by atoms with van der Waals surface area (Å²) in [5.74, 6) is 0.339. The molecule has 0 aliphatic rings. The van der Waals surface area contributed by atoms with Gasteiger partial charge in [0.2, 0.25) is 0 Å². The van der Waals surface area contributed by atoms with Crippen LogP contribution >= 0.6 is 0 Å². The second-order valence-electron chi connectivity index (χ2n) is 1.92. The average molecular weight is 188 g/mol. The maximum absolute atomic E-state index is 8.65. The van der Waals surface area contributed by atoms with Crippen molar-refractivity contribution in [1.82, 2.24) is 0 Å². The number of aromatic hydroxyl groups is 2. The second-order valence-corrected chi connectivity index (χ2v) is 1.92. The Kier molecular flexibility index (Phi) is 6.62. The van der Waals surface area contributed by atoms with Crippen LogP contribution in [0.1, 0.15) is 0 Å². The standard InChI is InChI=1S/C6H6O2.C2H6O3/c7-5-1-2-6(8)4-3-5;1-3-5-4-2/h1-4,7-8H;1-2H3. The molecule has 74 valence electrons. The number of hydrogen-bond acceptors (Lipinski definition) is 5. The molecule has 1 aromatic carbocycles. The molecule has 0 unspecified atom stereocenters. The highest BCUT2D eigenvalue weighted by atomic mass is 17.5. The summed E-state index contributed by atoms with van der Waals surface area (Å²) in [6, 6.07) is 5.70. The Hall–Kier alpha value is -1.30. The molecular weight excluding hydrogens is 176 g/mol. The number of phenols is 2. The van der Waals surface area contributed by atoms with E-state index >= 15 is 0 Å². The quantitative estimate of drug-likeness (QED) is 0.415. The molecule has 13 heavy (non-hydrogen) atoms. The van der Waals surface area contributed by atoms with Gasteiger partial charge < -0.3 is 10.2 Å². The molecule has 0 radical (unpaired) electrons. The second kappa shape index (κ2) is 7.35. The van der Waals surface area contributed by atoms with Crippen LogP contribution < -0.4 is 0 Å². The van der Waals surface area contributed by atoms with Crippen molar-refractivity contribution < 1.29 is 25.0 Å². The van der Waals surface area contributed by atoms with Gasteiger partial charge in [-0.05, 0) is 24.3 Å². The minimum Gasteiger partial charge on any atom is -0.508 e. The summed E-state index contributed by atoms with van der Waals surface area (Å²) in [5, 5.41) is 21.1. The summed E-state index contributed by atoms with van der Waals surface area (Å²) >= 11 is 0. The highest BCUT2D eigenvalue weighted by Gasteiger charge is 1.84. The van der Waals surface area contributed by atoms with Gasteiger partial charge in [0.05, 0.1) is 14.2 Å². The Balaban J connectivity index is 0.000000252. The minimum absolute atomic E-state index is 0.169. The molecule has 1 rings (SSSR count). The first-order chi connectivity index (χ1) is 6.20. The molecule has 1 aromatic rings. The molecule has 0 aromatic heterocycles. The van der Waals surface area contributed by atoms with Crippen LogP contribution in [-0.4, -0.2) is 24.4 Å². The maximum atomic E-state index is 8.65. The summed E-state index contributed by atoms with van der Waals surface area (Å²) in [4.78, 5) is 7.94. The van der Waals surface area contributed by atoms with Crippen LogP contribution in [0.5, 0.6) is 11.5 Å². The molecule has 0 aliphatic heterocycles. The van der Waals surface area contributed by atoms with Gasteiger partial charge >= 0.3 is 0 Å². The summed E-state index contributed by atoms with van der Waals surface area (Å²) in [7, 11) is 2.73. The molecule has 2 N–H and O–H groups in total. The van der Waals surface area contributed by atoms with E-state index in [1.54, 1.807) is 0 Å². The lowest BCUT2D eigenvalue weighted by atomic mass is 10.3. The lowest BCUT2D eigenvalue weighted by Gasteiger charge is -1.88. The Bertz CT molecular complexity index is 185. The van der Waals surface area contributed by atoms with Gasteiger partial charge in [0.15, 0.2) is 0 Å². The Morgan fingerprint density at radius 1 is 0.846 bits per heavy atom. The highest BCUT2D eigenvalue weighted by Crippen LogP contribution is 2.13. The predicted molar refractivity (Wildman–Crippen MR) is 44.9 cm³/mol. The highest BCUT2D eigenvalue weighted by molar-refractivity contribution is 5.28. The van der Waals surface area contributed by atoms with E-state index in [0.717, 1.165) is 0 Å². The van der Waals surface area contributed by atoms with Gasteiger partial charge in [-0.3, -0.25) is 0 Å².